The lowest BCUT2D eigenvalue weighted by atomic mass is 10.1. The number of nitrogens with zero attached hydrogens (tertiary/aromatic N) is 2. The van der Waals surface area contributed by atoms with E-state index in [9.17, 15) is 0 Å². The molecule has 24 heavy (non-hydrogen) atoms. The fourth-order valence-corrected chi connectivity index (χ4v) is 2.02. The third-order valence-corrected chi connectivity index (χ3v) is 3.64. The monoisotopic (exact) mass is 329 g/mol. The molecule has 0 amide bonds. The van der Waals surface area contributed by atoms with Crippen LogP contribution in [0.5, 0.6) is 0 Å². The molecule has 0 radical (unpaired) electrons. The number of H-pyrrole nitrogens is 2. The summed E-state index contributed by atoms with van der Waals surface area (Å²) in [4.78, 5) is 3.01. The van der Waals surface area contributed by atoms with Crippen LogP contribution < -0.4 is 4.68 Å². The van der Waals surface area contributed by atoms with Gasteiger partial charge in [0.05, 0.1) is 6.20 Å². The lowest BCUT2D eigenvalue weighted by Crippen LogP contribution is -2.36. The molecule has 3 rings (SSSR count). The molecule has 3 aromatic rings. The first-order valence-corrected chi connectivity index (χ1v) is 8.71. The van der Waals surface area contributed by atoms with Crippen molar-refractivity contribution < 1.29 is 4.68 Å². The van der Waals surface area contributed by atoms with Gasteiger partial charge in [0.25, 0.3) is 0 Å². The van der Waals surface area contributed by atoms with Crippen LogP contribution in [0, 0.1) is 0 Å². The first kappa shape index (κ1) is 19.8. The Kier molecular flexibility index (Phi) is 8.69. The van der Waals surface area contributed by atoms with E-state index in [1.54, 1.807) is 0 Å². The highest BCUT2D eigenvalue weighted by Gasteiger charge is 2.02. The summed E-state index contributed by atoms with van der Waals surface area (Å²) in [5.41, 5.74) is 1.38. The minimum Gasteiger partial charge on any atom is -0.367 e. The maximum Gasteiger partial charge on any atom is 0.195 e. The number of aromatic nitrogens is 4. The summed E-state index contributed by atoms with van der Waals surface area (Å²) in [6, 6.07) is 9.32. The van der Waals surface area contributed by atoms with Crippen LogP contribution in [-0.2, 0) is 0 Å². The molecule has 0 atom stereocenters. The Morgan fingerprint density at radius 3 is 1.83 bits per heavy atom. The number of rotatable bonds is 3. The van der Waals surface area contributed by atoms with Crippen molar-refractivity contribution in [2.45, 2.75) is 59.5 Å². The van der Waals surface area contributed by atoms with Crippen molar-refractivity contribution in [3.8, 4) is 0 Å². The normalized spacial score (nSPS) is 10.4. The number of hydrogen-bond acceptors (Lipinski definition) is 0. The van der Waals surface area contributed by atoms with Crippen molar-refractivity contribution in [2.75, 3.05) is 0 Å². The highest BCUT2D eigenvalue weighted by atomic mass is 15.3. The average molecular weight is 330 g/mol. The van der Waals surface area contributed by atoms with Gasteiger partial charge in [0.15, 0.2) is 12.2 Å². The van der Waals surface area contributed by atoms with E-state index in [0.717, 1.165) is 0 Å². The summed E-state index contributed by atoms with van der Waals surface area (Å²) in [6.07, 6.45) is 12.1. The fourth-order valence-electron chi connectivity index (χ4n) is 2.02. The number of aromatic amines is 2. The molecule has 0 aromatic carbocycles. The first-order valence-electron chi connectivity index (χ1n) is 8.71. The van der Waals surface area contributed by atoms with Gasteiger partial charge in [-0.05, 0) is 57.4 Å². The third kappa shape index (κ3) is 7.36. The van der Waals surface area contributed by atoms with Gasteiger partial charge in [-0.25, -0.2) is 0 Å². The van der Waals surface area contributed by atoms with Crippen molar-refractivity contribution in [2.24, 2.45) is 0 Å². The summed E-state index contributed by atoms with van der Waals surface area (Å²) >= 11 is 0. The van der Waals surface area contributed by atoms with Gasteiger partial charge in [0, 0.05) is 36.9 Å². The molecule has 0 saturated heterocycles. The van der Waals surface area contributed by atoms with Gasteiger partial charge in [0.2, 0.25) is 0 Å². The zero-order chi connectivity index (χ0) is 17.9. The molecule has 0 aliphatic heterocycles. The van der Waals surface area contributed by atoms with E-state index < -0.39 is 0 Å². The van der Waals surface area contributed by atoms with E-state index in [2.05, 4.69) is 74.7 Å². The minimum absolute atomic E-state index is 0.546. The molecule has 3 heterocycles. The zero-order valence-corrected chi connectivity index (χ0v) is 15.9. The summed E-state index contributed by atoms with van der Waals surface area (Å²) in [5.74, 6) is 0.654. The third-order valence-electron chi connectivity index (χ3n) is 3.64. The van der Waals surface area contributed by atoms with Crippen LogP contribution in [0.1, 0.15) is 65.1 Å². The largest absolute Gasteiger partial charge is 0.367 e. The molecule has 2 N–H and O–H groups in total. The second-order valence-corrected chi connectivity index (χ2v) is 6.66. The van der Waals surface area contributed by atoms with Gasteiger partial charge in [-0.3, -0.25) is 0 Å². The Hall–Kier alpha value is -2.23. The van der Waals surface area contributed by atoms with Crippen LogP contribution in [0.3, 0.4) is 0 Å². The topological polar surface area (TPSA) is 40.4 Å². The van der Waals surface area contributed by atoms with Crippen LogP contribution in [-0.4, -0.2) is 14.6 Å². The maximum absolute atomic E-state index is 3.05. The van der Waals surface area contributed by atoms with Crippen LogP contribution in [0.15, 0.2) is 61.4 Å². The molecule has 0 saturated carbocycles. The maximum atomic E-state index is 3.05. The Morgan fingerprint density at radius 2 is 1.58 bits per heavy atom. The molecule has 0 fully saturated rings. The Labute approximate surface area is 146 Å². The van der Waals surface area contributed by atoms with Gasteiger partial charge in [-0.2, -0.15) is 5.10 Å². The smallest absolute Gasteiger partial charge is 0.195 e. The van der Waals surface area contributed by atoms with E-state index in [0.29, 0.717) is 18.0 Å². The van der Waals surface area contributed by atoms with Crippen LogP contribution in [0.4, 0.5) is 0 Å². The number of nitrogens with one attached hydrogen (secondary N) is 2. The second kappa shape index (κ2) is 10.5. The van der Waals surface area contributed by atoms with Crippen molar-refractivity contribution >= 4 is 0 Å². The van der Waals surface area contributed by atoms with E-state index in [-0.39, 0.29) is 0 Å². The van der Waals surface area contributed by atoms with Crippen LogP contribution in [0.25, 0.3) is 0 Å². The number of hydrogen-bond donors (Lipinski definition) is 2. The average Bonchev–Trinajstić information content (AvgIpc) is 3.29. The van der Waals surface area contributed by atoms with Gasteiger partial charge in [-0.1, -0.05) is 13.8 Å². The Bertz CT molecular complexity index is 512. The molecule has 132 valence electrons. The lowest BCUT2D eigenvalue weighted by molar-refractivity contribution is -0.767. The lowest BCUT2D eigenvalue weighted by Gasteiger charge is -2.03. The van der Waals surface area contributed by atoms with Crippen molar-refractivity contribution in [1.82, 2.24) is 14.6 Å². The van der Waals surface area contributed by atoms with Crippen molar-refractivity contribution in [3.05, 3.63) is 67.0 Å². The Balaban J connectivity index is 0.000000180. The summed E-state index contributed by atoms with van der Waals surface area (Å²) in [7, 11) is 0. The van der Waals surface area contributed by atoms with Gasteiger partial charge in [-0.15, -0.1) is 4.68 Å². The van der Waals surface area contributed by atoms with Gasteiger partial charge in [0.1, 0.15) is 0 Å². The summed E-state index contributed by atoms with van der Waals surface area (Å²) in [6.45, 7) is 13.0. The molecule has 0 unspecified atom stereocenters. The van der Waals surface area contributed by atoms with E-state index in [1.165, 1.54) is 5.56 Å². The predicted octanol–water partition coefficient (Wildman–Crippen LogP) is 5.09. The molecule has 4 heteroatoms. The van der Waals surface area contributed by atoms with Crippen molar-refractivity contribution in [3.63, 3.8) is 0 Å². The molecule has 0 aliphatic rings. The molecule has 0 bridgehead atoms. The quantitative estimate of drug-likeness (QED) is 0.628. The summed E-state index contributed by atoms with van der Waals surface area (Å²) < 4.78 is 4.21. The van der Waals surface area contributed by atoms with Crippen LogP contribution in [0.2, 0.25) is 0 Å². The second-order valence-electron chi connectivity index (χ2n) is 6.66. The first-order chi connectivity index (χ1) is 11.4. The predicted molar refractivity (Wildman–Crippen MR) is 101 cm³/mol. The molecular formula is C20H33N4+. The van der Waals surface area contributed by atoms with E-state index in [1.807, 2.05) is 47.7 Å². The van der Waals surface area contributed by atoms with E-state index in [4.69, 9.17) is 0 Å². The zero-order valence-electron chi connectivity index (χ0n) is 15.9. The highest BCUT2D eigenvalue weighted by Crippen LogP contribution is 2.10. The summed E-state index contributed by atoms with van der Waals surface area (Å²) in [5, 5.41) is 3.05. The fraction of sp³-hybridized carbons (Fsp3) is 0.450. The van der Waals surface area contributed by atoms with Gasteiger partial charge < -0.3 is 9.55 Å². The standard InChI is InChI=1S/2C7H11N.C6H10N2/c1-6(2)7-3-4-8-5-7;1-7(2)8-5-3-4-6-8;1-6(2)8-5-3-4-7-8/h3-6,8H,1-2H3;3-7H,1-2H3;3-6H,1-2H3/p+1. The molecular weight excluding hydrogens is 296 g/mol. The minimum atomic E-state index is 0.546. The highest BCUT2D eigenvalue weighted by molar-refractivity contribution is 5.12. The Morgan fingerprint density at radius 1 is 0.917 bits per heavy atom. The molecule has 4 nitrogen and oxygen atoms in total. The van der Waals surface area contributed by atoms with Crippen molar-refractivity contribution in [1.29, 1.82) is 0 Å². The molecule has 0 aliphatic carbocycles. The molecule has 3 aromatic heterocycles. The van der Waals surface area contributed by atoms with E-state index >= 15 is 0 Å². The SMILES string of the molecule is CC(C)[n+]1ccc[nH]1.CC(C)c1cc[nH]c1.CC(C)n1cccc1. The van der Waals surface area contributed by atoms with Crippen LogP contribution >= 0.6 is 0 Å². The molecule has 0 spiro atoms. The van der Waals surface area contributed by atoms with Gasteiger partial charge >= 0.3 is 0 Å².